The number of rotatable bonds is 13. The summed E-state index contributed by atoms with van der Waals surface area (Å²) >= 11 is 7.43. The average molecular weight is 1010 g/mol. The summed E-state index contributed by atoms with van der Waals surface area (Å²) in [6.07, 6.45) is 4.18. The third kappa shape index (κ3) is 7.92. The molecule has 1 aliphatic carbocycles. The first-order chi connectivity index (χ1) is 33.4. The Balaban J connectivity index is 0.743. The van der Waals surface area contributed by atoms with E-state index in [0.29, 0.717) is 57.2 Å². The molecule has 4 aromatic carbocycles. The van der Waals surface area contributed by atoms with Crippen LogP contribution in [-0.2, 0) is 30.2 Å². The molecule has 17 nitrogen and oxygen atoms in total. The third-order valence-corrected chi connectivity index (χ3v) is 18.2. The molecule has 5 aliphatic heterocycles. The second-order valence-corrected chi connectivity index (χ2v) is 22.7. The molecular formula is C50H47ClN6O11S2. The minimum absolute atomic E-state index is 0.00740. The SMILES string of the molecule is CC1(C)CC(Nc2cccc(-c3sc(C(=O)O)c(OCC(=O)O)c3Cl)c2)CCN1S(=O)(=O)Cc1ccc2oc(N3C4CC(c5ccc6c7c(cccc57)C(=O)N6C5CCC(=O)NC5=O)CC3C4)nc2c1. The molecule has 1 saturated carbocycles. The number of oxazole rings is 1. The lowest BCUT2D eigenvalue weighted by molar-refractivity contribution is -0.139. The van der Waals surface area contributed by atoms with E-state index in [1.807, 2.05) is 44.2 Å². The van der Waals surface area contributed by atoms with Crippen LogP contribution in [0.1, 0.15) is 95.9 Å². The first-order valence-electron chi connectivity index (χ1n) is 23.1. The summed E-state index contributed by atoms with van der Waals surface area (Å²) in [4.78, 5) is 70.4. The van der Waals surface area contributed by atoms with Crippen LogP contribution < -0.4 is 25.2 Å². The fraction of sp³-hybridized carbons (Fsp3) is 0.360. The van der Waals surface area contributed by atoms with Crippen molar-refractivity contribution in [3.05, 3.63) is 99.4 Å². The predicted octanol–water partition coefficient (Wildman–Crippen LogP) is 8.00. The maximum atomic E-state index is 14.2. The van der Waals surface area contributed by atoms with Gasteiger partial charge in [-0.15, -0.1) is 11.3 Å². The van der Waals surface area contributed by atoms with Gasteiger partial charge < -0.3 is 29.6 Å². The maximum Gasteiger partial charge on any atom is 0.349 e. The minimum atomic E-state index is -3.78. The molecule has 12 rings (SSSR count). The largest absolute Gasteiger partial charge is 0.479 e. The molecule has 70 heavy (non-hydrogen) atoms. The number of aromatic carboxylic acids is 1. The summed E-state index contributed by atoms with van der Waals surface area (Å²) in [5.74, 6) is -3.76. The van der Waals surface area contributed by atoms with Gasteiger partial charge in [-0.1, -0.05) is 48.0 Å². The number of hydrogen-bond acceptors (Lipinski definition) is 13. The van der Waals surface area contributed by atoms with Crippen molar-refractivity contribution in [1.82, 2.24) is 14.6 Å². The van der Waals surface area contributed by atoms with Gasteiger partial charge in [-0.2, -0.15) is 9.29 Å². The van der Waals surface area contributed by atoms with Crippen molar-refractivity contribution in [2.75, 3.05) is 28.3 Å². The van der Waals surface area contributed by atoms with Crippen LogP contribution in [-0.4, -0.2) is 100 Å². The van der Waals surface area contributed by atoms with E-state index in [-0.39, 0.29) is 76.6 Å². The van der Waals surface area contributed by atoms with Gasteiger partial charge in [0.2, 0.25) is 21.8 Å². The Morgan fingerprint density at radius 1 is 1.00 bits per heavy atom. The van der Waals surface area contributed by atoms with Gasteiger partial charge in [0, 0.05) is 53.3 Å². The average Bonchev–Trinajstić information content (AvgIpc) is 3.96. The molecule has 4 unspecified atom stereocenters. The summed E-state index contributed by atoms with van der Waals surface area (Å²) in [6.45, 7) is 3.37. The normalized spacial score (nSPS) is 23.1. The number of amides is 3. The number of aliphatic carboxylic acids is 1. The van der Waals surface area contributed by atoms with Crippen molar-refractivity contribution in [3.8, 4) is 16.2 Å². The highest BCUT2D eigenvalue weighted by Crippen LogP contribution is 2.51. The van der Waals surface area contributed by atoms with E-state index >= 15 is 0 Å². The molecule has 6 aromatic rings. The van der Waals surface area contributed by atoms with E-state index < -0.39 is 46.1 Å². The number of aromatic nitrogens is 1. The van der Waals surface area contributed by atoms with Crippen molar-refractivity contribution >= 4 is 102 Å². The Kier molecular flexibility index (Phi) is 11.2. The summed E-state index contributed by atoms with van der Waals surface area (Å²) in [7, 11) is -3.78. The third-order valence-electron chi connectivity index (χ3n) is 14.5. The van der Waals surface area contributed by atoms with Crippen LogP contribution in [0, 0.1) is 0 Å². The molecule has 2 aromatic heterocycles. The van der Waals surface area contributed by atoms with Crippen LogP contribution in [0.5, 0.6) is 5.75 Å². The van der Waals surface area contributed by atoms with E-state index in [0.717, 1.165) is 52.6 Å². The summed E-state index contributed by atoms with van der Waals surface area (Å²) in [5, 5.41) is 26.6. The van der Waals surface area contributed by atoms with Gasteiger partial charge in [0.05, 0.1) is 16.3 Å². The van der Waals surface area contributed by atoms with E-state index in [1.54, 1.807) is 45.6 Å². The molecule has 0 spiro atoms. The predicted molar refractivity (Wildman–Crippen MR) is 262 cm³/mol. The lowest BCUT2D eigenvalue weighted by Gasteiger charge is -2.54. The number of carbonyl (C=O) groups is 5. The number of imide groups is 1. The maximum absolute atomic E-state index is 14.2. The number of nitrogens with zero attached hydrogens (tertiary/aromatic N) is 4. The molecule has 0 radical (unpaired) electrons. The summed E-state index contributed by atoms with van der Waals surface area (Å²) in [5.41, 5.74) is 4.77. The molecule has 4 atom stereocenters. The number of fused-ring (bicyclic) bond motifs is 3. The number of halogens is 1. The highest BCUT2D eigenvalue weighted by Gasteiger charge is 2.49. The molecule has 362 valence electrons. The zero-order valence-corrected chi connectivity index (χ0v) is 40.3. The van der Waals surface area contributed by atoms with Gasteiger partial charge >= 0.3 is 11.9 Å². The fourth-order valence-electron chi connectivity index (χ4n) is 11.5. The van der Waals surface area contributed by atoms with Crippen molar-refractivity contribution in [3.63, 3.8) is 0 Å². The van der Waals surface area contributed by atoms with Crippen LogP contribution in [0.15, 0.2) is 77.2 Å². The highest BCUT2D eigenvalue weighted by atomic mass is 35.5. The zero-order valence-electron chi connectivity index (χ0n) is 37.9. The first kappa shape index (κ1) is 45.9. The van der Waals surface area contributed by atoms with E-state index in [2.05, 4.69) is 21.6 Å². The fourth-order valence-corrected chi connectivity index (χ4v) is 14.9. The Bertz CT molecular complexity index is 3320. The lowest BCUT2D eigenvalue weighted by atomic mass is 9.70. The van der Waals surface area contributed by atoms with Crippen molar-refractivity contribution in [2.24, 2.45) is 0 Å². The lowest BCUT2D eigenvalue weighted by Crippen LogP contribution is -2.60. The molecule has 6 aliphatic rings. The number of carboxylic acid groups (broad SMARTS) is 2. The second-order valence-electron chi connectivity index (χ2n) is 19.4. The molecule has 2 bridgehead atoms. The van der Waals surface area contributed by atoms with Crippen molar-refractivity contribution in [2.45, 2.75) is 100 Å². The van der Waals surface area contributed by atoms with Crippen LogP contribution in [0.4, 0.5) is 17.4 Å². The number of piperidine rings is 3. The molecule has 5 fully saturated rings. The van der Waals surface area contributed by atoms with E-state index in [4.69, 9.17) is 30.8 Å². The van der Waals surface area contributed by atoms with Gasteiger partial charge in [0.15, 0.2) is 22.8 Å². The number of hydrogen-bond donors (Lipinski definition) is 4. The van der Waals surface area contributed by atoms with Gasteiger partial charge in [0.25, 0.3) is 11.9 Å². The Hall–Kier alpha value is -6.54. The van der Waals surface area contributed by atoms with Crippen molar-refractivity contribution in [1.29, 1.82) is 0 Å². The summed E-state index contributed by atoms with van der Waals surface area (Å²) in [6, 6.07) is 22.4. The van der Waals surface area contributed by atoms with Gasteiger partial charge in [-0.3, -0.25) is 24.6 Å². The minimum Gasteiger partial charge on any atom is -0.479 e. The Morgan fingerprint density at radius 2 is 1.79 bits per heavy atom. The standard InChI is InChI=1S/C50H47ClN6O11S2/c1-50(2)22-29(52-28-6-3-5-26(18-28)44-42(51)43(67-23-40(59)60)45(69-44)48(63)64)15-16-55(50)70(65,66)24-25-9-13-38-35(17-25)53-49(68-38)56-30-19-27(20-31(56)21-30)32-10-11-36-41-33(32)7-4-8-34(41)47(62)57(36)37-12-14-39(58)54-46(37)61/h3-11,13,17-18,27,29-31,37,52H,12,14-16,19-24H2,1-2H3,(H,59,60)(H,63,64)(H,54,58,61). The number of carbonyl (C=O) groups excluding carboxylic acids is 3. The number of nitrogens with one attached hydrogen (secondary N) is 2. The smallest absolute Gasteiger partial charge is 0.349 e. The van der Waals surface area contributed by atoms with Gasteiger partial charge in [-0.05, 0) is 117 Å². The Morgan fingerprint density at radius 3 is 2.53 bits per heavy atom. The van der Waals surface area contributed by atoms with Crippen LogP contribution in [0.25, 0.3) is 32.3 Å². The number of benzene rings is 4. The second kappa shape index (κ2) is 17.1. The number of thiophene rings is 1. The first-order valence-corrected chi connectivity index (χ1v) is 25.9. The zero-order chi connectivity index (χ0) is 49.0. The van der Waals surface area contributed by atoms with Crippen molar-refractivity contribution < 1.29 is 51.8 Å². The molecule has 3 amide bonds. The van der Waals surface area contributed by atoms with Crippen LogP contribution in [0.3, 0.4) is 0 Å². The quantitative estimate of drug-likeness (QED) is 0.0804. The van der Waals surface area contributed by atoms with Gasteiger partial charge in [0.1, 0.15) is 16.6 Å². The van der Waals surface area contributed by atoms with E-state index in [9.17, 15) is 37.5 Å². The van der Waals surface area contributed by atoms with Crippen LogP contribution >= 0.6 is 22.9 Å². The Labute approximate surface area is 410 Å². The molecule has 20 heteroatoms. The number of sulfonamides is 1. The highest BCUT2D eigenvalue weighted by molar-refractivity contribution is 7.88. The summed E-state index contributed by atoms with van der Waals surface area (Å²) < 4.78 is 41.5. The monoisotopic (exact) mass is 1010 g/mol. The number of anilines is 3. The van der Waals surface area contributed by atoms with E-state index in [1.165, 1.54) is 0 Å². The molecule has 7 heterocycles. The topological polar surface area (TPSA) is 229 Å². The number of ether oxygens (including phenoxy) is 1. The molecular weight excluding hydrogens is 960 g/mol. The van der Waals surface area contributed by atoms with Gasteiger partial charge in [-0.25, -0.2) is 18.0 Å². The van der Waals surface area contributed by atoms with Crippen LogP contribution in [0.2, 0.25) is 5.02 Å². The molecule has 4 saturated heterocycles. The molecule has 4 N–H and O–H groups in total. The number of carboxylic acids is 2.